The van der Waals surface area contributed by atoms with Crippen molar-refractivity contribution < 1.29 is 18.9 Å². The van der Waals surface area contributed by atoms with Gasteiger partial charge >= 0.3 is 0 Å². The highest BCUT2D eigenvalue weighted by Crippen LogP contribution is 1.99. The molecule has 0 rings (SSSR count). The summed E-state index contributed by atoms with van der Waals surface area (Å²) in [7, 11) is 2.75. The first-order valence-electron chi connectivity index (χ1n) is 5.43. The number of hydrogen-bond donors (Lipinski definition) is 0. The molecule has 0 bridgehead atoms. The zero-order chi connectivity index (χ0) is 12.1. The summed E-state index contributed by atoms with van der Waals surface area (Å²) in [6, 6.07) is 3.05. The number of hydrogen-bond acceptors (Lipinski definition) is 5. The Morgan fingerprint density at radius 2 is 1.62 bits per heavy atom. The van der Waals surface area contributed by atoms with Gasteiger partial charge in [-0.1, -0.05) is 0 Å². The minimum absolute atomic E-state index is 0.126. The summed E-state index contributed by atoms with van der Waals surface area (Å²) >= 11 is 0. The molecule has 0 spiro atoms. The van der Waals surface area contributed by atoms with Gasteiger partial charge in [-0.3, -0.25) is 0 Å². The Kier molecular flexibility index (Phi) is 12.3. The van der Waals surface area contributed by atoms with Gasteiger partial charge in [0.25, 0.3) is 0 Å². The Labute approximate surface area is 99.4 Å². The molecule has 0 aromatic rings. The van der Waals surface area contributed by atoms with Crippen molar-refractivity contribution in [2.75, 3.05) is 40.6 Å². The molecular formula is C10H21NO4Si. The molecule has 0 fully saturated rings. The second-order valence-corrected chi connectivity index (χ2v) is 5.16. The lowest BCUT2D eigenvalue weighted by molar-refractivity contribution is -0.108. The summed E-state index contributed by atoms with van der Waals surface area (Å²) in [5, 5.41) is 8.46. The third-order valence-corrected chi connectivity index (χ3v) is 3.62. The first kappa shape index (κ1) is 15.5. The van der Waals surface area contributed by atoms with Gasteiger partial charge in [-0.2, -0.15) is 5.26 Å². The fourth-order valence-corrected chi connectivity index (χ4v) is 2.45. The van der Waals surface area contributed by atoms with Crippen LogP contribution in [0.3, 0.4) is 0 Å². The van der Waals surface area contributed by atoms with Crippen LogP contribution in [0.25, 0.3) is 0 Å². The van der Waals surface area contributed by atoms with E-state index in [1.54, 1.807) is 14.2 Å². The van der Waals surface area contributed by atoms with Gasteiger partial charge < -0.3 is 18.9 Å². The van der Waals surface area contributed by atoms with Gasteiger partial charge in [-0.15, -0.1) is 0 Å². The van der Waals surface area contributed by atoms with Gasteiger partial charge in [0.1, 0.15) is 5.91 Å². The highest BCUT2D eigenvalue weighted by Gasteiger charge is 2.09. The topological polar surface area (TPSA) is 60.7 Å². The second kappa shape index (κ2) is 12.6. The average Bonchev–Trinajstić information content (AvgIpc) is 2.29. The van der Waals surface area contributed by atoms with E-state index in [1.807, 2.05) is 0 Å². The molecule has 0 amide bonds. The summed E-state index contributed by atoms with van der Waals surface area (Å²) in [6.45, 7) is 2.20. The van der Waals surface area contributed by atoms with Crippen molar-refractivity contribution in [1.82, 2.24) is 0 Å². The van der Waals surface area contributed by atoms with Gasteiger partial charge in [-0.25, -0.2) is 0 Å². The van der Waals surface area contributed by atoms with Crippen molar-refractivity contribution in [3.8, 4) is 6.07 Å². The van der Waals surface area contributed by atoms with Gasteiger partial charge in [0, 0.05) is 20.6 Å². The molecule has 16 heavy (non-hydrogen) atoms. The zero-order valence-electron chi connectivity index (χ0n) is 10.1. The first-order valence-corrected chi connectivity index (χ1v) is 7.24. The van der Waals surface area contributed by atoms with Crippen LogP contribution in [0.15, 0.2) is 0 Å². The number of methoxy groups -OCH3 is 2. The number of ether oxygens (including phenoxy) is 4. The van der Waals surface area contributed by atoms with Gasteiger partial charge in [-0.05, 0) is 6.04 Å². The summed E-state index contributed by atoms with van der Waals surface area (Å²) < 4.78 is 20.9. The van der Waals surface area contributed by atoms with Crippen LogP contribution in [0.2, 0.25) is 6.04 Å². The summed E-state index contributed by atoms with van der Waals surface area (Å²) in [6.07, 6.45) is 0.587. The van der Waals surface area contributed by atoms with Crippen molar-refractivity contribution in [2.45, 2.75) is 18.4 Å². The maximum atomic E-state index is 8.46. The molecule has 0 aromatic carbocycles. The molecule has 0 aliphatic carbocycles. The van der Waals surface area contributed by atoms with Crippen molar-refractivity contribution in [2.24, 2.45) is 0 Å². The van der Waals surface area contributed by atoms with Crippen LogP contribution in [0, 0.1) is 11.3 Å². The third kappa shape index (κ3) is 10.1. The van der Waals surface area contributed by atoms with E-state index < -0.39 is 9.52 Å². The van der Waals surface area contributed by atoms with E-state index in [0.717, 1.165) is 6.04 Å². The van der Waals surface area contributed by atoms with E-state index in [1.165, 1.54) is 0 Å². The summed E-state index contributed by atoms with van der Waals surface area (Å²) in [5.41, 5.74) is 0. The van der Waals surface area contributed by atoms with Crippen molar-refractivity contribution in [1.29, 1.82) is 5.26 Å². The predicted octanol–water partition coefficient (Wildman–Crippen LogP) is 0.0968. The Morgan fingerprint density at radius 1 is 1.06 bits per heavy atom. The van der Waals surface area contributed by atoms with Crippen molar-refractivity contribution in [3.63, 3.8) is 0 Å². The Morgan fingerprint density at radius 3 is 2.06 bits per heavy atom. The Bertz CT molecular complexity index is 176. The minimum Gasteiger partial charge on any atom is -0.382 e. The van der Waals surface area contributed by atoms with Crippen LogP contribution in [0.1, 0.15) is 6.42 Å². The molecule has 0 saturated carbocycles. The van der Waals surface area contributed by atoms with E-state index in [0.29, 0.717) is 32.8 Å². The largest absolute Gasteiger partial charge is 0.382 e. The maximum absolute atomic E-state index is 8.46. The molecule has 6 heteroatoms. The highest BCUT2D eigenvalue weighted by molar-refractivity contribution is 6.36. The SMILES string of the molecule is COCCOC(OCCOC)[SiH2]CCC#N. The minimum atomic E-state index is -0.520. The molecule has 0 saturated heterocycles. The normalized spacial score (nSPS) is 11.4. The van der Waals surface area contributed by atoms with Crippen LogP contribution in [-0.2, 0) is 18.9 Å². The van der Waals surface area contributed by atoms with E-state index in [-0.39, 0.29) is 5.91 Å². The fraction of sp³-hybridized carbons (Fsp3) is 0.900. The molecule has 0 radical (unpaired) electrons. The van der Waals surface area contributed by atoms with Crippen molar-refractivity contribution >= 4 is 9.52 Å². The lowest BCUT2D eigenvalue weighted by atomic mass is 10.6. The molecular weight excluding hydrogens is 226 g/mol. The molecule has 0 aromatic heterocycles. The van der Waals surface area contributed by atoms with Crippen LogP contribution in [0.4, 0.5) is 0 Å². The van der Waals surface area contributed by atoms with Crippen LogP contribution >= 0.6 is 0 Å². The zero-order valence-corrected chi connectivity index (χ0v) is 11.5. The molecule has 0 N–H and O–H groups in total. The van der Waals surface area contributed by atoms with Crippen LogP contribution in [-0.4, -0.2) is 56.1 Å². The van der Waals surface area contributed by atoms with Gasteiger partial charge in [0.2, 0.25) is 0 Å². The van der Waals surface area contributed by atoms with Gasteiger partial charge in [0.15, 0.2) is 0 Å². The van der Waals surface area contributed by atoms with E-state index in [9.17, 15) is 0 Å². The third-order valence-electron chi connectivity index (χ3n) is 1.91. The Balaban J connectivity index is 3.63. The smallest absolute Gasteiger partial charge is 0.135 e. The predicted molar refractivity (Wildman–Crippen MR) is 63.0 cm³/mol. The lowest BCUT2D eigenvalue weighted by Crippen LogP contribution is -2.27. The summed E-state index contributed by atoms with van der Waals surface area (Å²) in [5.74, 6) is -0.126. The van der Waals surface area contributed by atoms with E-state index >= 15 is 0 Å². The van der Waals surface area contributed by atoms with Crippen LogP contribution in [0.5, 0.6) is 0 Å². The monoisotopic (exact) mass is 247 g/mol. The molecule has 0 unspecified atom stereocenters. The molecule has 0 aliphatic rings. The molecule has 5 nitrogen and oxygen atoms in total. The number of nitriles is 1. The maximum Gasteiger partial charge on any atom is 0.135 e. The fourth-order valence-electron chi connectivity index (χ4n) is 1.09. The van der Waals surface area contributed by atoms with Crippen LogP contribution < -0.4 is 0 Å². The Hall–Kier alpha value is -0.453. The highest BCUT2D eigenvalue weighted by atomic mass is 28.2. The molecule has 0 atom stereocenters. The van der Waals surface area contributed by atoms with Gasteiger partial charge in [0.05, 0.1) is 42.0 Å². The second-order valence-electron chi connectivity index (χ2n) is 3.21. The lowest BCUT2D eigenvalue weighted by Gasteiger charge is -2.17. The average molecular weight is 247 g/mol. The first-order chi connectivity index (χ1) is 7.85. The molecule has 0 aliphatic heterocycles. The molecule has 94 valence electrons. The standard InChI is InChI=1S/C10H21NO4Si/c1-12-5-7-14-10(15-8-6-13-2)16-9-3-4-11/h10H,3,5-9,16H2,1-2H3. The number of nitrogens with zero attached hydrogens (tertiary/aromatic N) is 1. The molecule has 0 heterocycles. The summed E-state index contributed by atoms with van der Waals surface area (Å²) in [4.78, 5) is 0. The van der Waals surface area contributed by atoms with Crippen molar-refractivity contribution in [3.05, 3.63) is 0 Å². The number of rotatable bonds is 11. The van der Waals surface area contributed by atoms with E-state index in [4.69, 9.17) is 24.2 Å². The van der Waals surface area contributed by atoms with E-state index in [2.05, 4.69) is 6.07 Å². The quantitative estimate of drug-likeness (QED) is 0.294.